The Morgan fingerprint density at radius 2 is 2.22 bits per heavy atom. The van der Waals surface area contributed by atoms with Gasteiger partial charge in [-0.25, -0.2) is 4.98 Å². The lowest BCUT2D eigenvalue weighted by atomic mass is 10.2. The van der Waals surface area contributed by atoms with E-state index in [1.54, 1.807) is 19.4 Å². The molecule has 0 aliphatic carbocycles. The fourth-order valence-corrected chi connectivity index (χ4v) is 1.78. The summed E-state index contributed by atoms with van der Waals surface area (Å²) in [7, 11) is 1.57. The molecule has 0 aliphatic heterocycles. The molecular formula is C13H20N2O3. The van der Waals surface area contributed by atoms with E-state index in [0.717, 1.165) is 12.1 Å². The first-order valence-corrected chi connectivity index (χ1v) is 5.94. The minimum atomic E-state index is -0.808. The number of pyridine rings is 1. The number of aliphatic carboxylic acids is 1. The number of carbonyl (C=O) groups is 1. The Kier molecular flexibility index (Phi) is 5.58. The first kappa shape index (κ1) is 14.4. The molecule has 0 atom stereocenters. The zero-order chi connectivity index (χ0) is 13.5. The quantitative estimate of drug-likeness (QED) is 0.799. The van der Waals surface area contributed by atoms with Crippen LogP contribution in [-0.2, 0) is 11.3 Å². The van der Waals surface area contributed by atoms with Gasteiger partial charge in [0.05, 0.1) is 13.7 Å². The summed E-state index contributed by atoms with van der Waals surface area (Å²) in [4.78, 5) is 16.8. The van der Waals surface area contributed by atoms with Crippen molar-refractivity contribution in [3.05, 3.63) is 23.9 Å². The third-order valence-electron chi connectivity index (χ3n) is 2.40. The summed E-state index contributed by atoms with van der Waals surface area (Å²) < 4.78 is 4.98. The second-order valence-electron chi connectivity index (χ2n) is 4.67. The summed E-state index contributed by atoms with van der Waals surface area (Å²) in [5.41, 5.74) is 0.984. The third kappa shape index (κ3) is 5.14. The summed E-state index contributed by atoms with van der Waals surface area (Å²) >= 11 is 0. The van der Waals surface area contributed by atoms with Gasteiger partial charge in [-0.05, 0) is 11.5 Å². The molecule has 0 aliphatic rings. The largest absolute Gasteiger partial charge is 0.481 e. The van der Waals surface area contributed by atoms with E-state index in [1.165, 1.54) is 0 Å². The van der Waals surface area contributed by atoms with E-state index in [9.17, 15) is 4.79 Å². The van der Waals surface area contributed by atoms with Crippen LogP contribution in [0.4, 0.5) is 0 Å². The number of methoxy groups -OCH3 is 1. The zero-order valence-electron chi connectivity index (χ0n) is 11.1. The van der Waals surface area contributed by atoms with Crippen LogP contribution in [0.15, 0.2) is 18.3 Å². The van der Waals surface area contributed by atoms with E-state index in [2.05, 4.69) is 18.8 Å². The van der Waals surface area contributed by atoms with Gasteiger partial charge in [0, 0.05) is 25.4 Å². The molecule has 1 aromatic rings. The fourth-order valence-electron chi connectivity index (χ4n) is 1.78. The molecule has 0 amide bonds. The third-order valence-corrected chi connectivity index (χ3v) is 2.40. The van der Waals surface area contributed by atoms with Crippen molar-refractivity contribution >= 4 is 5.97 Å². The number of aromatic nitrogens is 1. The SMILES string of the molecule is COc1ccc(CN(CC(=O)O)CC(C)C)cn1. The number of carboxylic acids is 1. The molecule has 0 spiro atoms. The molecule has 0 saturated heterocycles. The van der Waals surface area contributed by atoms with E-state index in [-0.39, 0.29) is 6.54 Å². The molecule has 1 aromatic heterocycles. The maximum atomic E-state index is 10.8. The molecule has 18 heavy (non-hydrogen) atoms. The number of hydrogen-bond donors (Lipinski definition) is 1. The van der Waals surface area contributed by atoms with Gasteiger partial charge in [0.25, 0.3) is 0 Å². The second-order valence-corrected chi connectivity index (χ2v) is 4.67. The van der Waals surface area contributed by atoms with Gasteiger partial charge in [-0.2, -0.15) is 0 Å². The molecule has 100 valence electrons. The topological polar surface area (TPSA) is 62.7 Å². The molecule has 1 heterocycles. The van der Waals surface area contributed by atoms with Gasteiger partial charge in [-0.3, -0.25) is 9.69 Å². The molecule has 0 aromatic carbocycles. The molecule has 5 nitrogen and oxygen atoms in total. The van der Waals surface area contributed by atoms with Crippen molar-refractivity contribution in [2.75, 3.05) is 20.2 Å². The average Bonchev–Trinajstić information content (AvgIpc) is 2.28. The lowest BCUT2D eigenvalue weighted by molar-refractivity contribution is -0.138. The first-order chi connectivity index (χ1) is 8.51. The number of nitrogens with zero attached hydrogens (tertiary/aromatic N) is 2. The smallest absolute Gasteiger partial charge is 0.317 e. The second kappa shape index (κ2) is 6.96. The highest BCUT2D eigenvalue weighted by atomic mass is 16.5. The number of rotatable bonds is 7. The standard InChI is InChI=1S/C13H20N2O3/c1-10(2)7-15(9-13(16)17)8-11-4-5-12(18-3)14-6-11/h4-6,10H,7-9H2,1-3H3,(H,16,17). The van der Waals surface area contributed by atoms with Crippen molar-refractivity contribution in [3.8, 4) is 5.88 Å². The van der Waals surface area contributed by atoms with Crippen molar-refractivity contribution in [2.45, 2.75) is 20.4 Å². The van der Waals surface area contributed by atoms with Crippen LogP contribution >= 0.6 is 0 Å². The van der Waals surface area contributed by atoms with Crippen molar-refractivity contribution in [1.82, 2.24) is 9.88 Å². The first-order valence-electron chi connectivity index (χ1n) is 5.94. The van der Waals surface area contributed by atoms with Gasteiger partial charge in [-0.15, -0.1) is 0 Å². The highest BCUT2D eigenvalue weighted by Gasteiger charge is 2.12. The van der Waals surface area contributed by atoms with Crippen molar-refractivity contribution in [2.24, 2.45) is 5.92 Å². The van der Waals surface area contributed by atoms with Gasteiger partial charge in [0.15, 0.2) is 0 Å². The Morgan fingerprint density at radius 1 is 1.50 bits per heavy atom. The predicted octanol–water partition coefficient (Wildman–Crippen LogP) is 1.63. The van der Waals surface area contributed by atoms with E-state index >= 15 is 0 Å². The maximum Gasteiger partial charge on any atom is 0.317 e. The minimum absolute atomic E-state index is 0.0458. The van der Waals surface area contributed by atoms with Crippen molar-refractivity contribution < 1.29 is 14.6 Å². The minimum Gasteiger partial charge on any atom is -0.481 e. The summed E-state index contributed by atoms with van der Waals surface area (Å²) in [5, 5.41) is 8.88. The maximum absolute atomic E-state index is 10.8. The number of ether oxygens (including phenoxy) is 1. The Labute approximate surface area is 107 Å². The van der Waals surface area contributed by atoms with Gasteiger partial charge < -0.3 is 9.84 Å². The van der Waals surface area contributed by atoms with Gasteiger partial charge in [0.2, 0.25) is 5.88 Å². The van der Waals surface area contributed by atoms with Gasteiger partial charge >= 0.3 is 5.97 Å². The molecular weight excluding hydrogens is 232 g/mol. The highest BCUT2D eigenvalue weighted by molar-refractivity contribution is 5.69. The highest BCUT2D eigenvalue weighted by Crippen LogP contribution is 2.10. The van der Waals surface area contributed by atoms with Crippen LogP contribution < -0.4 is 4.74 Å². The van der Waals surface area contributed by atoms with Crippen LogP contribution in [0, 0.1) is 5.92 Å². The van der Waals surface area contributed by atoms with Crippen LogP contribution in [0.3, 0.4) is 0 Å². The lowest BCUT2D eigenvalue weighted by Crippen LogP contribution is -2.32. The Bertz CT molecular complexity index is 376. The van der Waals surface area contributed by atoms with Crippen LogP contribution in [0.5, 0.6) is 5.88 Å². The lowest BCUT2D eigenvalue weighted by Gasteiger charge is -2.22. The molecule has 5 heteroatoms. The predicted molar refractivity (Wildman–Crippen MR) is 68.5 cm³/mol. The van der Waals surface area contributed by atoms with Crippen molar-refractivity contribution in [1.29, 1.82) is 0 Å². The zero-order valence-corrected chi connectivity index (χ0v) is 11.1. The monoisotopic (exact) mass is 252 g/mol. The average molecular weight is 252 g/mol. The van der Waals surface area contributed by atoms with Crippen LogP contribution in [0.2, 0.25) is 0 Å². The van der Waals surface area contributed by atoms with E-state index < -0.39 is 5.97 Å². The fraction of sp³-hybridized carbons (Fsp3) is 0.538. The molecule has 0 unspecified atom stereocenters. The normalized spacial score (nSPS) is 10.9. The van der Waals surface area contributed by atoms with Crippen molar-refractivity contribution in [3.63, 3.8) is 0 Å². The van der Waals surface area contributed by atoms with Gasteiger partial charge in [-0.1, -0.05) is 19.9 Å². The van der Waals surface area contributed by atoms with Crippen LogP contribution in [0.1, 0.15) is 19.4 Å². The molecule has 0 bridgehead atoms. The number of carboxylic acid groups (broad SMARTS) is 1. The van der Waals surface area contributed by atoms with E-state index in [0.29, 0.717) is 18.3 Å². The summed E-state index contributed by atoms with van der Waals surface area (Å²) in [6.07, 6.45) is 1.72. The molecule has 0 saturated carbocycles. The van der Waals surface area contributed by atoms with Gasteiger partial charge in [0.1, 0.15) is 0 Å². The Balaban J connectivity index is 2.65. The van der Waals surface area contributed by atoms with Crippen LogP contribution in [-0.4, -0.2) is 41.2 Å². The Hall–Kier alpha value is -1.62. The summed E-state index contributed by atoms with van der Waals surface area (Å²) in [6, 6.07) is 3.69. The van der Waals surface area contributed by atoms with E-state index in [4.69, 9.17) is 9.84 Å². The molecule has 1 rings (SSSR count). The summed E-state index contributed by atoms with van der Waals surface area (Å²) in [6.45, 7) is 5.52. The van der Waals surface area contributed by atoms with Crippen LogP contribution in [0.25, 0.3) is 0 Å². The number of hydrogen-bond acceptors (Lipinski definition) is 4. The molecule has 0 radical (unpaired) electrons. The molecule has 0 fully saturated rings. The summed E-state index contributed by atoms with van der Waals surface area (Å²) in [5.74, 6) is 0.181. The van der Waals surface area contributed by atoms with E-state index in [1.807, 2.05) is 11.0 Å². The molecule has 1 N–H and O–H groups in total. The Morgan fingerprint density at radius 3 is 2.67 bits per heavy atom.